The summed E-state index contributed by atoms with van der Waals surface area (Å²) in [5.74, 6) is -0.372. The summed E-state index contributed by atoms with van der Waals surface area (Å²) in [6.07, 6.45) is -4.55. The van der Waals surface area contributed by atoms with Crippen LogP contribution < -0.4 is 0 Å². The van der Waals surface area contributed by atoms with E-state index >= 15 is 0 Å². The van der Waals surface area contributed by atoms with E-state index in [2.05, 4.69) is 0 Å². The van der Waals surface area contributed by atoms with Gasteiger partial charge in [-0.1, -0.05) is 32.4 Å². The zero-order valence-corrected chi connectivity index (χ0v) is 13.8. The summed E-state index contributed by atoms with van der Waals surface area (Å²) in [6, 6.07) is 4.54. The topological polar surface area (TPSA) is 74.6 Å². The Morgan fingerprint density at radius 1 is 1.17 bits per heavy atom. The Kier molecular flexibility index (Phi) is 6.23. The van der Waals surface area contributed by atoms with E-state index in [4.69, 9.17) is 4.55 Å². The number of unbranched alkanes of at least 4 members (excludes halogenated alkanes) is 1. The smallest absolute Gasteiger partial charge is 0.388 e. The molecule has 1 aromatic carbocycles. The standard InChI is InChI=1S/C15H21F3O4S/c1-14(2,8-3-4-9-23(20,21)22)13(19)11-6-5-7-12(10-11)15(16,17)18/h5-7,10,13,19H,3-4,8-9H2,1-2H3,(H,20,21,22). The molecule has 2 N–H and O–H groups in total. The first kappa shape index (κ1) is 19.9. The molecule has 0 aliphatic heterocycles. The van der Waals surface area contributed by atoms with Gasteiger partial charge in [-0.05, 0) is 36.0 Å². The third kappa shape index (κ3) is 6.48. The lowest BCUT2D eigenvalue weighted by Crippen LogP contribution is -2.23. The fourth-order valence-corrected chi connectivity index (χ4v) is 2.91. The van der Waals surface area contributed by atoms with E-state index in [0.29, 0.717) is 12.8 Å². The van der Waals surface area contributed by atoms with Crippen LogP contribution in [-0.2, 0) is 16.3 Å². The van der Waals surface area contributed by atoms with E-state index in [1.165, 1.54) is 12.1 Å². The summed E-state index contributed by atoms with van der Waals surface area (Å²) in [4.78, 5) is 0. The van der Waals surface area contributed by atoms with E-state index in [-0.39, 0.29) is 17.7 Å². The average Bonchev–Trinajstić information content (AvgIpc) is 2.41. The third-order valence-corrected chi connectivity index (χ3v) is 4.55. The van der Waals surface area contributed by atoms with Gasteiger partial charge in [0.05, 0.1) is 17.4 Å². The molecule has 1 aromatic rings. The number of alkyl halides is 3. The van der Waals surface area contributed by atoms with Crippen molar-refractivity contribution in [2.75, 3.05) is 5.75 Å². The monoisotopic (exact) mass is 354 g/mol. The van der Waals surface area contributed by atoms with Crippen molar-refractivity contribution in [2.45, 2.75) is 45.4 Å². The SMILES string of the molecule is CC(C)(CCCCS(=O)(=O)O)C(O)c1cccc(C(F)(F)F)c1. The van der Waals surface area contributed by atoms with E-state index in [1.807, 2.05) is 0 Å². The maximum absolute atomic E-state index is 12.7. The van der Waals surface area contributed by atoms with Gasteiger partial charge in [-0.3, -0.25) is 4.55 Å². The number of benzene rings is 1. The molecule has 0 saturated heterocycles. The largest absolute Gasteiger partial charge is 0.416 e. The zero-order valence-electron chi connectivity index (χ0n) is 13.0. The Balaban J connectivity index is 2.76. The van der Waals surface area contributed by atoms with Crippen LogP contribution in [0.4, 0.5) is 13.2 Å². The van der Waals surface area contributed by atoms with Crippen molar-refractivity contribution in [1.29, 1.82) is 0 Å². The van der Waals surface area contributed by atoms with E-state index in [1.54, 1.807) is 13.8 Å². The highest BCUT2D eigenvalue weighted by Gasteiger charge is 2.33. The molecule has 0 radical (unpaired) electrons. The minimum atomic E-state index is -4.48. The maximum atomic E-state index is 12.7. The van der Waals surface area contributed by atoms with Gasteiger partial charge in [0.15, 0.2) is 0 Å². The predicted octanol–water partition coefficient (Wildman–Crippen LogP) is 3.82. The summed E-state index contributed by atoms with van der Waals surface area (Å²) in [5.41, 5.74) is -1.39. The summed E-state index contributed by atoms with van der Waals surface area (Å²) in [7, 11) is -4.02. The molecule has 1 rings (SSSR count). The van der Waals surface area contributed by atoms with Crippen LogP contribution in [0.3, 0.4) is 0 Å². The molecule has 1 atom stereocenters. The minimum Gasteiger partial charge on any atom is -0.388 e. The molecule has 0 heterocycles. The van der Waals surface area contributed by atoms with Crippen LogP contribution in [0.2, 0.25) is 0 Å². The van der Waals surface area contributed by atoms with Gasteiger partial charge in [-0.2, -0.15) is 21.6 Å². The molecule has 0 amide bonds. The average molecular weight is 354 g/mol. The zero-order chi connectivity index (χ0) is 17.9. The van der Waals surface area contributed by atoms with Crippen molar-refractivity contribution in [1.82, 2.24) is 0 Å². The Hall–Kier alpha value is -1.12. The van der Waals surface area contributed by atoms with Crippen molar-refractivity contribution >= 4 is 10.1 Å². The van der Waals surface area contributed by atoms with Gasteiger partial charge < -0.3 is 5.11 Å². The predicted molar refractivity (Wildman–Crippen MR) is 80.5 cm³/mol. The van der Waals surface area contributed by atoms with Crippen molar-refractivity contribution in [2.24, 2.45) is 5.41 Å². The maximum Gasteiger partial charge on any atom is 0.416 e. The molecule has 23 heavy (non-hydrogen) atoms. The fourth-order valence-electron chi connectivity index (χ4n) is 2.34. The van der Waals surface area contributed by atoms with Crippen LogP contribution in [-0.4, -0.2) is 23.8 Å². The van der Waals surface area contributed by atoms with Gasteiger partial charge in [0.25, 0.3) is 10.1 Å². The number of hydrogen-bond donors (Lipinski definition) is 2. The van der Waals surface area contributed by atoms with Crippen molar-refractivity contribution < 1.29 is 31.2 Å². The Bertz CT molecular complexity index is 624. The van der Waals surface area contributed by atoms with Gasteiger partial charge in [0, 0.05) is 0 Å². The number of rotatable bonds is 7. The molecule has 4 nitrogen and oxygen atoms in total. The highest BCUT2D eigenvalue weighted by Crippen LogP contribution is 2.39. The summed E-state index contributed by atoms with van der Waals surface area (Å²) in [6.45, 7) is 3.40. The molecular formula is C15H21F3O4S. The lowest BCUT2D eigenvalue weighted by atomic mass is 9.78. The van der Waals surface area contributed by atoms with E-state index < -0.39 is 33.4 Å². The summed E-state index contributed by atoms with van der Waals surface area (Å²) >= 11 is 0. The second-order valence-corrected chi connectivity index (χ2v) is 7.83. The Labute approximate surface area is 134 Å². The second kappa shape index (κ2) is 7.19. The van der Waals surface area contributed by atoms with Gasteiger partial charge >= 0.3 is 6.18 Å². The lowest BCUT2D eigenvalue weighted by molar-refractivity contribution is -0.137. The third-order valence-electron chi connectivity index (χ3n) is 3.74. The molecule has 0 aliphatic carbocycles. The highest BCUT2D eigenvalue weighted by atomic mass is 32.2. The van der Waals surface area contributed by atoms with Crippen LogP contribution in [0, 0.1) is 5.41 Å². The molecule has 0 spiro atoms. The van der Waals surface area contributed by atoms with Gasteiger partial charge in [0.1, 0.15) is 0 Å². The summed E-state index contributed by atoms with van der Waals surface area (Å²) < 4.78 is 68.1. The van der Waals surface area contributed by atoms with E-state index in [0.717, 1.165) is 12.1 Å². The van der Waals surface area contributed by atoms with Crippen molar-refractivity contribution in [3.8, 4) is 0 Å². The highest BCUT2D eigenvalue weighted by molar-refractivity contribution is 7.85. The fraction of sp³-hybridized carbons (Fsp3) is 0.600. The first-order valence-electron chi connectivity index (χ1n) is 7.13. The van der Waals surface area contributed by atoms with Gasteiger partial charge in [-0.15, -0.1) is 0 Å². The molecule has 0 fully saturated rings. The Morgan fingerprint density at radius 3 is 2.30 bits per heavy atom. The first-order valence-corrected chi connectivity index (χ1v) is 8.74. The van der Waals surface area contributed by atoms with E-state index in [9.17, 15) is 26.7 Å². The van der Waals surface area contributed by atoms with Crippen molar-refractivity contribution in [3.63, 3.8) is 0 Å². The minimum absolute atomic E-state index is 0.166. The van der Waals surface area contributed by atoms with Gasteiger partial charge in [-0.25, -0.2) is 0 Å². The molecule has 0 aromatic heterocycles. The quantitative estimate of drug-likeness (QED) is 0.577. The number of halogens is 3. The lowest BCUT2D eigenvalue weighted by Gasteiger charge is -2.31. The number of hydrogen-bond acceptors (Lipinski definition) is 3. The Morgan fingerprint density at radius 2 is 1.78 bits per heavy atom. The van der Waals surface area contributed by atoms with Crippen LogP contribution in [0.15, 0.2) is 24.3 Å². The van der Waals surface area contributed by atoms with Gasteiger partial charge in [0.2, 0.25) is 0 Å². The molecule has 1 unspecified atom stereocenters. The number of aliphatic hydroxyl groups is 1. The molecule has 0 bridgehead atoms. The summed E-state index contributed by atoms with van der Waals surface area (Å²) in [5, 5.41) is 10.4. The van der Waals surface area contributed by atoms with Crippen LogP contribution >= 0.6 is 0 Å². The molecule has 0 saturated carbocycles. The molecule has 132 valence electrons. The number of aliphatic hydroxyl groups excluding tert-OH is 1. The molecule has 8 heteroatoms. The molecular weight excluding hydrogens is 333 g/mol. The normalized spacial score (nSPS) is 14.7. The van der Waals surface area contributed by atoms with Crippen molar-refractivity contribution in [3.05, 3.63) is 35.4 Å². The van der Waals surface area contributed by atoms with Crippen LogP contribution in [0.25, 0.3) is 0 Å². The van der Waals surface area contributed by atoms with Crippen LogP contribution in [0.5, 0.6) is 0 Å². The van der Waals surface area contributed by atoms with Crippen LogP contribution in [0.1, 0.15) is 50.3 Å². The second-order valence-electron chi connectivity index (χ2n) is 6.26. The first-order chi connectivity index (χ1) is 10.3. The molecule has 0 aliphatic rings.